The van der Waals surface area contributed by atoms with E-state index in [0.29, 0.717) is 12.3 Å². The Morgan fingerprint density at radius 1 is 1.17 bits per heavy atom. The highest BCUT2D eigenvalue weighted by Gasteiger charge is 2.26. The van der Waals surface area contributed by atoms with Crippen LogP contribution in [0, 0.1) is 11.8 Å². The highest BCUT2D eigenvalue weighted by molar-refractivity contribution is 7.99. The van der Waals surface area contributed by atoms with Crippen molar-refractivity contribution in [3.05, 3.63) is 24.3 Å². The Bertz CT molecular complexity index is 379. The molecule has 0 bridgehead atoms. The van der Waals surface area contributed by atoms with E-state index in [2.05, 4.69) is 19.1 Å². The van der Waals surface area contributed by atoms with Gasteiger partial charge in [-0.25, -0.2) is 4.79 Å². The molecule has 132 valence electrons. The number of aliphatic hydroxyl groups is 1. The van der Waals surface area contributed by atoms with Crippen LogP contribution in [0.4, 0.5) is 0 Å². The van der Waals surface area contributed by atoms with Gasteiger partial charge in [0, 0.05) is 6.08 Å². The fourth-order valence-electron chi connectivity index (χ4n) is 3.02. The van der Waals surface area contributed by atoms with E-state index in [9.17, 15) is 9.90 Å². The van der Waals surface area contributed by atoms with E-state index in [4.69, 9.17) is 5.11 Å². The Kier molecular flexibility index (Phi) is 11.2. The van der Waals surface area contributed by atoms with Crippen LogP contribution in [-0.4, -0.2) is 33.8 Å². The fraction of sp³-hybridized carbons (Fsp3) is 0.737. The van der Waals surface area contributed by atoms with Gasteiger partial charge >= 0.3 is 5.97 Å². The molecule has 4 heteroatoms. The highest BCUT2D eigenvalue weighted by atomic mass is 32.2. The molecule has 0 aromatic heterocycles. The van der Waals surface area contributed by atoms with E-state index in [0.717, 1.165) is 38.0 Å². The lowest BCUT2D eigenvalue weighted by Gasteiger charge is -2.19. The topological polar surface area (TPSA) is 57.5 Å². The number of aliphatic carboxylic acids is 1. The molecular formula is C19H32O3S. The first-order chi connectivity index (χ1) is 11.1. The van der Waals surface area contributed by atoms with E-state index in [1.165, 1.54) is 30.4 Å². The Hall–Kier alpha value is -0.740. The SMILES string of the molecule is CCCCCC(O)CC[C@H]1CSC[C@H]1CC=CC/C=C\C(=O)O. The van der Waals surface area contributed by atoms with E-state index >= 15 is 0 Å². The van der Waals surface area contributed by atoms with Crippen LogP contribution in [0.15, 0.2) is 24.3 Å². The molecule has 1 unspecified atom stereocenters. The fourth-order valence-corrected chi connectivity index (χ4v) is 4.61. The van der Waals surface area contributed by atoms with Gasteiger partial charge in [0.1, 0.15) is 0 Å². The summed E-state index contributed by atoms with van der Waals surface area (Å²) in [7, 11) is 0. The second-order valence-corrected chi connectivity index (χ2v) is 7.54. The van der Waals surface area contributed by atoms with Gasteiger partial charge in [0.05, 0.1) is 6.10 Å². The Morgan fingerprint density at radius 3 is 2.70 bits per heavy atom. The summed E-state index contributed by atoms with van der Waals surface area (Å²) in [4.78, 5) is 10.4. The van der Waals surface area contributed by atoms with E-state index in [1.807, 2.05) is 11.8 Å². The van der Waals surface area contributed by atoms with Crippen LogP contribution in [0.5, 0.6) is 0 Å². The molecule has 23 heavy (non-hydrogen) atoms. The number of thioether (sulfide) groups is 1. The van der Waals surface area contributed by atoms with Crippen LogP contribution in [0.1, 0.15) is 58.3 Å². The van der Waals surface area contributed by atoms with Crippen LogP contribution in [0.25, 0.3) is 0 Å². The van der Waals surface area contributed by atoms with Gasteiger partial charge in [-0.3, -0.25) is 0 Å². The molecule has 3 nitrogen and oxygen atoms in total. The molecule has 0 amide bonds. The van der Waals surface area contributed by atoms with Crippen molar-refractivity contribution in [1.82, 2.24) is 0 Å². The Balaban J connectivity index is 2.20. The molecule has 1 aliphatic rings. The number of hydrogen-bond acceptors (Lipinski definition) is 3. The summed E-state index contributed by atoms with van der Waals surface area (Å²) in [6.07, 6.45) is 15.4. The van der Waals surface area contributed by atoms with Gasteiger partial charge in [0.2, 0.25) is 0 Å². The minimum Gasteiger partial charge on any atom is -0.478 e. The molecule has 0 aromatic carbocycles. The number of allylic oxidation sites excluding steroid dienone is 3. The minimum atomic E-state index is -0.886. The van der Waals surface area contributed by atoms with Crippen molar-refractivity contribution >= 4 is 17.7 Å². The van der Waals surface area contributed by atoms with Gasteiger partial charge < -0.3 is 10.2 Å². The van der Waals surface area contributed by atoms with Crippen LogP contribution in [0.3, 0.4) is 0 Å². The van der Waals surface area contributed by atoms with Crippen molar-refractivity contribution in [2.45, 2.75) is 64.4 Å². The lowest BCUT2D eigenvalue weighted by Crippen LogP contribution is -2.15. The van der Waals surface area contributed by atoms with Gasteiger partial charge in [-0.05, 0) is 55.4 Å². The maximum atomic E-state index is 10.4. The van der Waals surface area contributed by atoms with Gasteiger partial charge in [-0.1, -0.05) is 44.4 Å². The largest absolute Gasteiger partial charge is 0.478 e. The van der Waals surface area contributed by atoms with Crippen LogP contribution >= 0.6 is 11.8 Å². The summed E-state index contributed by atoms with van der Waals surface area (Å²) in [5.74, 6) is 2.98. The van der Waals surface area contributed by atoms with Crippen molar-refractivity contribution in [1.29, 1.82) is 0 Å². The predicted molar refractivity (Wildman–Crippen MR) is 98.8 cm³/mol. The molecule has 1 rings (SSSR count). The quantitative estimate of drug-likeness (QED) is 0.308. The first kappa shape index (κ1) is 20.3. The first-order valence-corrected chi connectivity index (χ1v) is 10.1. The molecular weight excluding hydrogens is 308 g/mol. The zero-order valence-corrected chi connectivity index (χ0v) is 15.1. The molecule has 3 atom stereocenters. The van der Waals surface area contributed by atoms with Gasteiger partial charge in [0.15, 0.2) is 0 Å². The number of aliphatic hydroxyl groups excluding tert-OH is 1. The summed E-state index contributed by atoms with van der Waals surface area (Å²) < 4.78 is 0. The molecule has 0 radical (unpaired) electrons. The molecule has 0 spiro atoms. The maximum Gasteiger partial charge on any atom is 0.327 e. The van der Waals surface area contributed by atoms with Crippen molar-refractivity contribution in [3.63, 3.8) is 0 Å². The number of carboxylic acid groups (broad SMARTS) is 1. The van der Waals surface area contributed by atoms with E-state index < -0.39 is 5.97 Å². The normalized spacial score (nSPS) is 23.0. The van der Waals surface area contributed by atoms with Gasteiger partial charge in [-0.15, -0.1) is 0 Å². The average molecular weight is 341 g/mol. The smallest absolute Gasteiger partial charge is 0.327 e. The average Bonchev–Trinajstić information content (AvgIpc) is 2.96. The lowest BCUT2D eigenvalue weighted by molar-refractivity contribution is -0.131. The molecule has 0 aromatic rings. The molecule has 0 saturated carbocycles. The van der Waals surface area contributed by atoms with E-state index in [-0.39, 0.29) is 6.10 Å². The second-order valence-electron chi connectivity index (χ2n) is 6.47. The number of carbonyl (C=O) groups is 1. The van der Waals surface area contributed by atoms with Crippen molar-refractivity contribution < 1.29 is 15.0 Å². The second kappa shape index (κ2) is 12.7. The third kappa shape index (κ3) is 9.87. The number of unbranched alkanes of at least 4 members (excludes halogenated alkanes) is 2. The highest BCUT2D eigenvalue weighted by Crippen LogP contribution is 2.36. The maximum absolute atomic E-state index is 10.4. The van der Waals surface area contributed by atoms with Crippen LogP contribution < -0.4 is 0 Å². The number of carboxylic acids is 1. The van der Waals surface area contributed by atoms with Crippen molar-refractivity contribution in [2.24, 2.45) is 11.8 Å². The molecule has 1 aliphatic heterocycles. The molecule has 1 saturated heterocycles. The van der Waals surface area contributed by atoms with Crippen LogP contribution in [-0.2, 0) is 4.79 Å². The summed E-state index contributed by atoms with van der Waals surface area (Å²) >= 11 is 2.03. The molecule has 2 N–H and O–H groups in total. The predicted octanol–water partition coefficient (Wildman–Crippen LogP) is 4.66. The zero-order chi connectivity index (χ0) is 16.9. The number of rotatable bonds is 12. The number of hydrogen-bond donors (Lipinski definition) is 2. The zero-order valence-electron chi connectivity index (χ0n) is 14.3. The summed E-state index contributed by atoms with van der Waals surface area (Å²) in [6.45, 7) is 2.19. The molecule has 0 aliphatic carbocycles. The Morgan fingerprint density at radius 2 is 1.96 bits per heavy atom. The monoisotopic (exact) mass is 340 g/mol. The summed E-state index contributed by atoms with van der Waals surface area (Å²) in [5, 5.41) is 18.6. The molecule has 1 fully saturated rings. The lowest BCUT2D eigenvalue weighted by atomic mass is 9.87. The molecule has 1 heterocycles. The summed E-state index contributed by atoms with van der Waals surface area (Å²) in [6, 6.07) is 0. The Labute approximate surface area is 145 Å². The standard InChI is InChI=1S/C19H32O3S/c1-2-3-6-10-18(20)13-12-17-15-23-14-16(17)9-7-4-5-8-11-19(21)22/h4,7-8,11,16-18,20H,2-3,5-6,9-10,12-15H2,1H3,(H,21,22)/b7-4?,11-8-/t16-,17+,18?/m1/s1. The van der Waals surface area contributed by atoms with Gasteiger partial charge in [0.25, 0.3) is 0 Å². The third-order valence-corrected chi connectivity index (χ3v) is 5.81. The van der Waals surface area contributed by atoms with Crippen LogP contribution in [0.2, 0.25) is 0 Å². The first-order valence-electron chi connectivity index (χ1n) is 8.93. The van der Waals surface area contributed by atoms with Crippen molar-refractivity contribution in [2.75, 3.05) is 11.5 Å². The van der Waals surface area contributed by atoms with Gasteiger partial charge in [-0.2, -0.15) is 11.8 Å². The summed E-state index contributed by atoms with van der Waals surface area (Å²) in [5.41, 5.74) is 0. The van der Waals surface area contributed by atoms with Crippen molar-refractivity contribution in [3.8, 4) is 0 Å². The minimum absolute atomic E-state index is 0.121. The van der Waals surface area contributed by atoms with E-state index in [1.54, 1.807) is 6.08 Å². The third-order valence-electron chi connectivity index (χ3n) is 4.48.